The molecule has 2 nitrogen and oxygen atoms in total. The zero-order valence-electron chi connectivity index (χ0n) is 18.1. The summed E-state index contributed by atoms with van der Waals surface area (Å²) in [7, 11) is 6.65. The normalized spacial score (nSPS) is 12.3. The third kappa shape index (κ3) is 18.5. The van der Waals surface area contributed by atoms with Crippen LogP contribution in [-0.2, 0) is 0 Å². The van der Waals surface area contributed by atoms with Gasteiger partial charge in [-0.3, -0.25) is 4.48 Å². The molecule has 0 heterocycles. The van der Waals surface area contributed by atoms with Crippen molar-refractivity contribution in [2.45, 2.75) is 110 Å². The maximum atomic E-state index is 4.80. The molecule has 0 aromatic carbocycles. The Balaban J connectivity index is 0. The fraction of sp³-hybridized carbons (Fsp3) is 0.955. The molecule has 0 saturated heterocycles. The Morgan fingerprint density at radius 3 is 1.28 bits per heavy atom. The van der Waals surface area contributed by atoms with Gasteiger partial charge in [0.2, 0.25) is 0 Å². The second kappa shape index (κ2) is 18.7. The third-order valence-electron chi connectivity index (χ3n) is 4.90. The Kier molecular flexibility index (Phi) is 20.3. The summed E-state index contributed by atoms with van der Waals surface area (Å²) in [6, 6.07) is 0. The van der Waals surface area contributed by atoms with Crippen LogP contribution in [0, 0.1) is 0 Å². The highest BCUT2D eigenvalue weighted by Crippen LogP contribution is 2.13. The van der Waals surface area contributed by atoms with Crippen LogP contribution in [0.2, 0.25) is 0 Å². The molecule has 0 saturated carbocycles. The summed E-state index contributed by atoms with van der Waals surface area (Å²) in [5.74, 6) is 1.32. The first-order valence-corrected chi connectivity index (χ1v) is 10.9. The van der Waals surface area contributed by atoms with Crippen molar-refractivity contribution in [3.05, 3.63) is 0 Å². The molecule has 0 aromatic heterocycles. The van der Waals surface area contributed by atoms with E-state index >= 15 is 0 Å². The Morgan fingerprint density at radius 2 is 0.960 bits per heavy atom. The topological polar surface area (TPSA) is 12.4 Å². The molecule has 0 aromatic rings. The molecule has 0 spiro atoms. The number of unbranched alkanes of at least 4 members (excludes halogenated alkanes) is 13. The van der Waals surface area contributed by atoms with Gasteiger partial charge in [0.05, 0.1) is 21.1 Å². The molecule has 3 heteroatoms. The van der Waals surface area contributed by atoms with E-state index in [1.165, 1.54) is 95.7 Å². The fourth-order valence-corrected chi connectivity index (χ4v) is 3.31. The van der Waals surface area contributed by atoms with Crippen LogP contribution in [0.5, 0.6) is 0 Å². The lowest BCUT2D eigenvalue weighted by atomic mass is 10.0. The lowest BCUT2D eigenvalue weighted by molar-refractivity contribution is -0.778. The predicted octanol–water partition coefficient (Wildman–Crippen LogP) is 3.99. The number of rotatable bonds is 16. The molecule has 0 aliphatic heterocycles. The van der Waals surface area contributed by atoms with Gasteiger partial charge in [-0.25, -0.2) is 4.99 Å². The summed E-state index contributed by atoms with van der Waals surface area (Å²) in [6.45, 7) is 5.53. The van der Waals surface area contributed by atoms with Crippen LogP contribution in [0.3, 0.4) is 0 Å². The summed E-state index contributed by atoms with van der Waals surface area (Å²) >= 11 is 0. The van der Waals surface area contributed by atoms with Crippen LogP contribution in [0.1, 0.15) is 110 Å². The van der Waals surface area contributed by atoms with E-state index in [0.717, 1.165) is 17.4 Å². The van der Waals surface area contributed by atoms with E-state index in [0.29, 0.717) is 0 Å². The predicted molar refractivity (Wildman–Crippen MR) is 111 cm³/mol. The first-order chi connectivity index (χ1) is 11.5. The minimum Gasteiger partial charge on any atom is -1.00 e. The number of halogens is 1. The summed E-state index contributed by atoms with van der Waals surface area (Å²) in [5.41, 5.74) is 0. The van der Waals surface area contributed by atoms with Crippen LogP contribution in [0.15, 0.2) is 4.99 Å². The summed E-state index contributed by atoms with van der Waals surface area (Å²) in [6.07, 6.45) is 21.0. The van der Waals surface area contributed by atoms with Gasteiger partial charge in [0.25, 0.3) is 0 Å². The Hall–Kier alpha value is -0.0800. The van der Waals surface area contributed by atoms with Crippen molar-refractivity contribution < 1.29 is 16.9 Å². The SMILES string of the molecule is CCCCCCCCCCCCCCCCN=C(CC)[N+](C)(C)C.[Cl-]. The van der Waals surface area contributed by atoms with Crippen LogP contribution in [-0.4, -0.2) is 38.0 Å². The maximum Gasteiger partial charge on any atom is 0.197 e. The monoisotopic (exact) mass is 374 g/mol. The van der Waals surface area contributed by atoms with Gasteiger partial charge < -0.3 is 12.4 Å². The first kappa shape index (κ1) is 27.1. The average molecular weight is 375 g/mol. The number of aliphatic imine (C=N–C) groups is 1. The molecule has 25 heavy (non-hydrogen) atoms. The highest BCUT2D eigenvalue weighted by molar-refractivity contribution is 5.74. The van der Waals surface area contributed by atoms with Crippen molar-refractivity contribution in [2.24, 2.45) is 4.99 Å². The largest absolute Gasteiger partial charge is 1.00 e. The first-order valence-electron chi connectivity index (χ1n) is 10.9. The molecule has 0 aliphatic rings. The smallest absolute Gasteiger partial charge is 0.197 e. The van der Waals surface area contributed by atoms with Gasteiger partial charge in [0.15, 0.2) is 5.84 Å². The maximum absolute atomic E-state index is 4.80. The molecule has 0 rings (SSSR count). The number of nitrogens with zero attached hydrogens (tertiary/aromatic N) is 2. The average Bonchev–Trinajstić information content (AvgIpc) is 2.53. The highest BCUT2D eigenvalue weighted by Gasteiger charge is 2.14. The van der Waals surface area contributed by atoms with Crippen molar-refractivity contribution in [1.82, 2.24) is 0 Å². The van der Waals surface area contributed by atoms with Crippen molar-refractivity contribution in [2.75, 3.05) is 27.7 Å². The van der Waals surface area contributed by atoms with Crippen LogP contribution >= 0.6 is 0 Å². The van der Waals surface area contributed by atoms with Crippen LogP contribution in [0.25, 0.3) is 0 Å². The van der Waals surface area contributed by atoms with Crippen molar-refractivity contribution in [3.8, 4) is 0 Å². The van der Waals surface area contributed by atoms with E-state index in [-0.39, 0.29) is 12.4 Å². The van der Waals surface area contributed by atoms with Gasteiger partial charge >= 0.3 is 0 Å². The van der Waals surface area contributed by atoms with E-state index < -0.39 is 0 Å². The number of hydrogen-bond acceptors (Lipinski definition) is 1. The third-order valence-corrected chi connectivity index (χ3v) is 4.90. The standard InChI is InChI=1S/C22H47N2.ClH/c1-6-8-9-10-11-12-13-14-15-16-17-18-19-20-21-23-22(7-2)24(3,4)5;/h6-21H2,1-5H3;1H/q+1;/p-1. The second-order valence-corrected chi connectivity index (χ2v) is 8.26. The van der Waals surface area contributed by atoms with E-state index in [1.807, 2.05) is 0 Å². The van der Waals surface area contributed by atoms with Gasteiger partial charge in [-0.05, 0) is 6.42 Å². The Morgan fingerprint density at radius 1 is 0.600 bits per heavy atom. The van der Waals surface area contributed by atoms with Gasteiger partial charge in [-0.1, -0.05) is 97.3 Å². The lowest BCUT2D eigenvalue weighted by Crippen LogP contribution is -3.00. The Labute approximate surface area is 165 Å². The lowest BCUT2D eigenvalue weighted by Gasteiger charge is -2.24. The molecular weight excluding hydrogens is 328 g/mol. The Bertz CT molecular complexity index is 295. The second-order valence-electron chi connectivity index (χ2n) is 8.26. The van der Waals surface area contributed by atoms with Gasteiger partial charge in [-0.15, -0.1) is 0 Å². The molecule has 0 N–H and O–H groups in total. The molecule has 0 amide bonds. The van der Waals surface area contributed by atoms with Crippen LogP contribution < -0.4 is 12.4 Å². The summed E-state index contributed by atoms with van der Waals surface area (Å²) in [4.78, 5) is 4.80. The minimum atomic E-state index is 0. The summed E-state index contributed by atoms with van der Waals surface area (Å²) < 4.78 is 0.884. The number of hydrogen-bond donors (Lipinski definition) is 0. The zero-order valence-corrected chi connectivity index (χ0v) is 18.8. The van der Waals surface area contributed by atoms with Crippen molar-refractivity contribution in [1.29, 1.82) is 0 Å². The van der Waals surface area contributed by atoms with Gasteiger partial charge in [0, 0.05) is 13.0 Å². The van der Waals surface area contributed by atoms with E-state index in [1.54, 1.807) is 0 Å². The molecule has 0 fully saturated rings. The molecule has 0 unspecified atom stereocenters. The summed E-state index contributed by atoms with van der Waals surface area (Å²) in [5, 5.41) is 0. The van der Waals surface area contributed by atoms with E-state index in [2.05, 4.69) is 35.0 Å². The van der Waals surface area contributed by atoms with Crippen molar-refractivity contribution >= 4 is 5.84 Å². The molecule has 0 atom stereocenters. The zero-order chi connectivity index (χ0) is 18.1. The molecular formula is C22H47ClN2. The highest BCUT2D eigenvalue weighted by atomic mass is 35.5. The van der Waals surface area contributed by atoms with E-state index in [4.69, 9.17) is 4.99 Å². The van der Waals surface area contributed by atoms with Gasteiger partial charge in [0.1, 0.15) is 0 Å². The molecule has 0 radical (unpaired) electrons. The quantitative estimate of drug-likeness (QED) is 0.168. The van der Waals surface area contributed by atoms with Crippen molar-refractivity contribution in [3.63, 3.8) is 0 Å². The number of amidine groups is 1. The minimum absolute atomic E-state index is 0. The molecule has 152 valence electrons. The fourth-order valence-electron chi connectivity index (χ4n) is 3.31. The molecule has 0 bridgehead atoms. The van der Waals surface area contributed by atoms with E-state index in [9.17, 15) is 0 Å². The van der Waals surface area contributed by atoms with Crippen LogP contribution in [0.4, 0.5) is 0 Å². The number of quaternary nitrogens is 1. The van der Waals surface area contributed by atoms with Gasteiger partial charge in [-0.2, -0.15) is 0 Å². The molecule has 0 aliphatic carbocycles.